The van der Waals surface area contributed by atoms with Crippen LogP contribution in [0.4, 0.5) is 22.0 Å². The lowest BCUT2D eigenvalue weighted by atomic mass is 9.88. The van der Waals surface area contributed by atoms with E-state index >= 15 is 4.39 Å². The molecule has 1 saturated carbocycles. The van der Waals surface area contributed by atoms with Gasteiger partial charge in [-0.05, 0) is 72.3 Å². The number of nitrogens with one attached hydrogen (secondary N) is 1. The Kier molecular flexibility index (Phi) is 7.89. The molecule has 4 rings (SSSR count). The molecule has 0 bridgehead atoms. The highest BCUT2D eigenvalue weighted by Gasteiger charge is 2.38. The topological polar surface area (TPSA) is 43.4 Å². The number of ether oxygens (including phenoxy) is 1. The Morgan fingerprint density at radius 2 is 1.71 bits per heavy atom. The van der Waals surface area contributed by atoms with E-state index in [1.807, 2.05) is 0 Å². The summed E-state index contributed by atoms with van der Waals surface area (Å²) in [5.74, 6) is -1.69. The van der Waals surface area contributed by atoms with E-state index in [-0.39, 0.29) is 35.3 Å². The molecule has 1 aromatic heterocycles. The van der Waals surface area contributed by atoms with Gasteiger partial charge in [-0.3, -0.25) is 4.98 Å². The lowest BCUT2D eigenvalue weighted by Crippen LogP contribution is -2.46. The van der Waals surface area contributed by atoms with Crippen molar-refractivity contribution in [3.63, 3.8) is 0 Å². The molecule has 38 heavy (non-hydrogen) atoms. The van der Waals surface area contributed by atoms with Crippen LogP contribution in [0.3, 0.4) is 0 Å². The number of alkyl halides is 3. The zero-order chi connectivity index (χ0) is 27.9. The molecule has 1 aliphatic rings. The summed E-state index contributed by atoms with van der Waals surface area (Å²) in [6.07, 6.45) is -0.652. The fraction of sp³-hybridized carbons (Fsp3) is 0.464. The molecule has 2 aromatic carbocycles. The van der Waals surface area contributed by atoms with Gasteiger partial charge in [-0.1, -0.05) is 20.8 Å². The summed E-state index contributed by atoms with van der Waals surface area (Å²) >= 11 is 0. The Labute approximate surface area is 220 Å². The van der Waals surface area contributed by atoms with E-state index in [0.717, 1.165) is 22.4 Å². The van der Waals surface area contributed by atoms with Crippen LogP contribution >= 0.6 is 0 Å². The van der Waals surface area contributed by atoms with Gasteiger partial charge in [-0.15, -0.1) is 0 Å². The summed E-state index contributed by atoms with van der Waals surface area (Å²) in [7, 11) is -2.03. The molecule has 0 atom stereocenters. The molecule has 4 nitrogen and oxygen atoms in total. The van der Waals surface area contributed by atoms with Crippen LogP contribution in [-0.4, -0.2) is 25.4 Å². The Balaban J connectivity index is 1.39. The molecular formula is C28H33F5N2O2Si. The lowest BCUT2D eigenvalue weighted by molar-refractivity contribution is -0.140. The molecule has 1 heterocycles. The maximum absolute atomic E-state index is 15.3. The number of benzene rings is 2. The Bertz CT molecular complexity index is 1300. The van der Waals surface area contributed by atoms with Crippen molar-refractivity contribution >= 4 is 19.1 Å². The summed E-state index contributed by atoms with van der Waals surface area (Å²) < 4.78 is 79.6. The zero-order valence-electron chi connectivity index (χ0n) is 22.2. The molecule has 0 amide bonds. The molecule has 1 aliphatic carbocycles. The highest BCUT2D eigenvalue weighted by atomic mass is 28.4. The summed E-state index contributed by atoms with van der Waals surface area (Å²) in [5.41, 5.74) is -0.0657. The molecule has 0 unspecified atom stereocenters. The van der Waals surface area contributed by atoms with Gasteiger partial charge in [0, 0.05) is 35.9 Å². The summed E-state index contributed by atoms with van der Waals surface area (Å²) in [4.78, 5) is 4.24. The first-order valence-corrected chi connectivity index (χ1v) is 15.5. The van der Waals surface area contributed by atoms with Crippen LogP contribution in [0, 0.1) is 11.6 Å². The Morgan fingerprint density at radius 1 is 1.00 bits per heavy atom. The summed E-state index contributed by atoms with van der Waals surface area (Å²) in [6.45, 7) is 11.4. The van der Waals surface area contributed by atoms with Crippen molar-refractivity contribution in [2.75, 3.05) is 0 Å². The molecule has 1 N–H and O–H groups in total. The van der Waals surface area contributed by atoms with E-state index in [0.29, 0.717) is 31.1 Å². The number of hydrogen-bond acceptors (Lipinski definition) is 4. The fourth-order valence-corrected chi connectivity index (χ4v) is 5.15. The monoisotopic (exact) mass is 552 g/mol. The van der Waals surface area contributed by atoms with Gasteiger partial charge in [-0.2, -0.15) is 13.2 Å². The second kappa shape index (κ2) is 10.5. The molecule has 10 heteroatoms. The lowest BCUT2D eigenvalue weighted by Gasteiger charge is -2.36. The second-order valence-corrected chi connectivity index (χ2v) is 16.2. The molecular weight excluding hydrogens is 519 g/mol. The first-order chi connectivity index (χ1) is 17.7. The Morgan fingerprint density at radius 3 is 2.37 bits per heavy atom. The van der Waals surface area contributed by atoms with Crippen molar-refractivity contribution in [3.8, 4) is 5.75 Å². The smallest absolute Gasteiger partial charge is 0.419 e. The zero-order valence-corrected chi connectivity index (χ0v) is 23.2. The number of fused-ring (bicyclic) bond motifs is 1. The van der Waals surface area contributed by atoms with Gasteiger partial charge >= 0.3 is 6.18 Å². The van der Waals surface area contributed by atoms with Gasteiger partial charge in [0.1, 0.15) is 23.5 Å². The van der Waals surface area contributed by atoms with Gasteiger partial charge in [0.25, 0.3) is 0 Å². The molecule has 0 aliphatic heterocycles. The van der Waals surface area contributed by atoms with E-state index in [1.165, 1.54) is 12.1 Å². The van der Waals surface area contributed by atoms with E-state index < -0.39 is 25.9 Å². The largest absolute Gasteiger partial charge is 0.490 e. The summed E-state index contributed by atoms with van der Waals surface area (Å²) in [5, 5.41) is 4.96. The highest BCUT2D eigenvalue weighted by molar-refractivity contribution is 6.74. The average molecular weight is 553 g/mol. The van der Waals surface area contributed by atoms with Gasteiger partial charge in [0.15, 0.2) is 8.32 Å². The minimum Gasteiger partial charge on any atom is -0.490 e. The highest BCUT2D eigenvalue weighted by Crippen LogP contribution is 2.38. The van der Waals surface area contributed by atoms with Gasteiger partial charge in [-0.25, -0.2) is 8.78 Å². The van der Waals surface area contributed by atoms with Gasteiger partial charge in [0.2, 0.25) is 0 Å². The van der Waals surface area contributed by atoms with Gasteiger partial charge < -0.3 is 14.5 Å². The molecule has 206 valence electrons. The number of rotatable bonds is 8. The van der Waals surface area contributed by atoms with E-state index in [1.54, 1.807) is 18.5 Å². The third-order valence-corrected chi connectivity index (χ3v) is 12.2. The van der Waals surface area contributed by atoms with Crippen LogP contribution < -0.4 is 10.1 Å². The van der Waals surface area contributed by atoms with Crippen molar-refractivity contribution in [1.29, 1.82) is 0 Å². The maximum atomic E-state index is 15.3. The van der Waals surface area contributed by atoms with Crippen molar-refractivity contribution < 1.29 is 31.1 Å². The molecule has 0 spiro atoms. The first kappa shape index (κ1) is 28.4. The predicted octanol–water partition coefficient (Wildman–Crippen LogP) is 7.75. The van der Waals surface area contributed by atoms with Gasteiger partial charge in [0.05, 0.1) is 12.2 Å². The van der Waals surface area contributed by atoms with Crippen LogP contribution in [0.5, 0.6) is 5.75 Å². The number of nitrogens with zero attached hydrogens (tertiary/aromatic N) is 1. The standard InChI is InChI=1S/C28H33F5N2O2Si/c1-27(2,3)38(4,5)36-16-17-10-26(30)23(21-8-9-34-14-22(17)21)15-35-18-11-20(12-18)37-19-6-7-25(29)24(13-19)28(31,32)33/h6-10,13-14,18,20,35H,11-12,15-16H2,1-5H3. The minimum absolute atomic E-state index is 0.0143. The van der Waals surface area contributed by atoms with Crippen LogP contribution in [0.1, 0.15) is 50.3 Å². The number of pyridine rings is 1. The fourth-order valence-electron chi connectivity index (χ4n) is 4.20. The molecule has 0 radical (unpaired) electrons. The first-order valence-electron chi connectivity index (χ1n) is 12.6. The summed E-state index contributed by atoms with van der Waals surface area (Å²) in [6, 6.07) is 5.97. The van der Waals surface area contributed by atoms with Crippen molar-refractivity contribution in [2.24, 2.45) is 0 Å². The average Bonchev–Trinajstić information content (AvgIpc) is 2.79. The Hall–Kier alpha value is -2.56. The van der Waals surface area contributed by atoms with E-state index in [2.05, 4.69) is 44.2 Å². The number of hydrogen-bond donors (Lipinski definition) is 1. The van der Waals surface area contributed by atoms with E-state index in [4.69, 9.17) is 9.16 Å². The normalized spacial score (nSPS) is 18.5. The second-order valence-electron chi connectivity index (χ2n) is 11.4. The third-order valence-electron chi connectivity index (χ3n) is 7.68. The van der Waals surface area contributed by atoms with Crippen LogP contribution in [0.25, 0.3) is 10.8 Å². The van der Waals surface area contributed by atoms with Crippen LogP contribution in [-0.2, 0) is 23.8 Å². The van der Waals surface area contributed by atoms with Crippen LogP contribution in [0.2, 0.25) is 18.1 Å². The molecule has 3 aromatic rings. The maximum Gasteiger partial charge on any atom is 0.419 e. The van der Waals surface area contributed by atoms with Crippen molar-refractivity contribution in [2.45, 2.75) is 83.2 Å². The number of aromatic nitrogens is 1. The minimum atomic E-state index is -4.79. The van der Waals surface area contributed by atoms with Crippen molar-refractivity contribution in [1.82, 2.24) is 10.3 Å². The van der Waals surface area contributed by atoms with Crippen LogP contribution in [0.15, 0.2) is 42.7 Å². The third kappa shape index (κ3) is 6.18. The SMILES string of the molecule is CC(C)(C)[Si](C)(C)OCc1cc(F)c(CNC2CC(Oc3ccc(F)c(C(F)(F)F)c3)C2)c2ccncc12. The molecule has 1 fully saturated rings. The van der Waals surface area contributed by atoms with E-state index in [9.17, 15) is 17.6 Å². The molecule has 0 saturated heterocycles. The quantitative estimate of drug-likeness (QED) is 0.229. The van der Waals surface area contributed by atoms with Crippen molar-refractivity contribution in [3.05, 3.63) is 71.1 Å². The number of halogens is 5. The predicted molar refractivity (Wildman–Crippen MR) is 139 cm³/mol.